The first-order valence-electron chi connectivity index (χ1n) is 11.5. The molecule has 0 bridgehead atoms. The van der Waals surface area contributed by atoms with E-state index in [4.69, 9.17) is 9.47 Å². The first kappa shape index (κ1) is 26.4. The van der Waals surface area contributed by atoms with Gasteiger partial charge in [0.05, 0.1) is 23.4 Å². The van der Waals surface area contributed by atoms with E-state index in [1.807, 2.05) is 30.3 Å². The summed E-state index contributed by atoms with van der Waals surface area (Å²) in [4.78, 5) is 36.7. The molecule has 3 aromatic carbocycles. The number of esters is 1. The van der Waals surface area contributed by atoms with Crippen LogP contribution in [0, 0.1) is 0 Å². The molecular formula is C27H22F3N3O5. The summed E-state index contributed by atoms with van der Waals surface area (Å²) in [5, 5.41) is 7.91. The van der Waals surface area contributed by atoms with Gasteiger partial charge in [0.2, 0.25) is 0 Å². The second kappa shape index (κ2) is 11.6. The average molecular weight is 525 g/mol. The number of benzene rings is 3. The van der Waals surface area contributed by atoms with Gasteiger partial charge in [-0.05, 0) is 48.0 Å². The van der Waals surface area contributed by atoms with Gasteiger partial charge in [-0.3, -0.25) is 9.59 Å². The van der Waals surface area contributed by atoms with Crippen LogP contribution in [0.15, 0.2) is 84.0 Å². The van der Waals surface area contributed by atoms with Crippen molar-refractivity contribution < 1.29 is 37.0 Å². The van der Waals surface area contributed by atoms with Crippen molar-refractivity contribution in [1.29, 1.82) is 0 Å². The number of anilines is 1. The number of halogens is 3. The number of hydrogen-bond donors (Lipinski definition) is 1. The first-order valence-corrected chi connectivity index (χ1v) is 11.5. The van der Waals surface area contributed by atoms with Crippen molar-refractivity contribution in [2.24, 2.45) is 5.10 Å². The van der Waals surface area contributed by atoms with E-state index in [0.717, 1.165) is 23.4 Å². The molecule has 1 heterocycles. The molecule has 0 saturated heterocycles. The minimum Gasteiger partial charge on any atom is -0.484 e. The third-order valence-electron chi connectivity index (χ3n) is 5.46. The second-order valence-electron chi connectivity index (χ2n) is 8.20. The van der Waals surface area contributed by atoms with Crippen LogP contribution in [-0.4, -0.2) is 48.3 Å². The van der Waals surface area contributed by atoms with Crippen molar-refractivity contribution in [2.75, 3.05) is 25.1 Å². The van der Waals surface area contributed by atoms with Gasteiger partial charge in [-0.2, -0.15) is 18.3 Å². The molecule has 1 aliphatic heterocycles. The zero-order chi connectivity index (χ0) is 27.1. The maximum Gasteiger partial charge on any atom is 0.416 e. The van der Waals surface area contributed by atoms with Crippen LogP contribution in [-0.2, 0) is 20.5 Å². The van der Waals surface area contributed by atoms with Gasteiger partial charge < -0.3 is 14.8 Å². The molecule has 0 saturated carbocycles. The molecule has 0 spiro atoms. The van der Waals surface area contributed by atoms with E-state index in [-0.39, 0.29) is 17.0 Å². The normalized spacial score (nSPS) is 13.0. The predicted octanol–water partition coefficient (Wildman–Crippen LogP) is 4.52. The van der Waals surface area contributed by atoms with Gasteiger partial charge in [-0.25, -0.2) is 9.80 Å². The highest BCUT2D eigenvalue weighted by molar-refractivity contribution is 6.02. The van der Waals surface area contributed by atoms with Crippen LogP contribution in [0.3, 0.4) is 0 Å². The molecule has 0 atom stereocenters. The van der Waals surface area contributed by atoms with E-state index in [9.17, 15) is 27.6 Å². The summed E-state index contributed by atoms with van der Waals surface area (Å²) < 4.78 is 48.8. The fraction of sp³-hybridized carbons (Fsp3) is 0.185. The molecule has 38 heavy (non-hydrogen) atoms. The van der Waals surface area contributed by atoms with Gasteiger partial charge in [0.15, 0.2) is 13.2 Å². The highest BCUT2D eigenvalue weighted by Gasteiger charge is 2.30. The van der Waals surface area contributed by atoms with E-state index in [0.29, 0.717) is 13.0 Å². The molecule has 0 fully saturated rings. The van der Waals surface area contributed by atoms with E-state index < -0.39 is 42.7 Å². The number of amides is 2. The maximum atomic E-state index is 12.8. The summed E-state index contributed by atoms with van der Waals surface area (Å²) in [6.07, 6.45) is -3.93. The monoisotopic (exact) mass is 525 g/mol. The van der Waals surface area contributed by atoms with Crippen molar-refractivity contribution in [3.8, 4) is 5.75 Å². The average Bonchev–Trinajstić information content (AvgIpc) is 3.41. The Morgan fingerprint density at radius 3 is 2.37 bits per heavy atom. The van der Waals surface area contributed by atoms with Crippen molar-refractivity contribution >= 4 is 29.2 Å². The molecule has 0 radical (unpaired) electrons. The third kappa shape index (κ3) is 6.96. The Hall–Kier alpha value is -4.67. The standard InChI is InChI=1S/C27H22F3N3O5/c28-27(29,30)20-7-4-8-21(15-20)31-24(34)16-37-22-11-9-19(10-12-22)26(36)38-17-25(35)33-14-13-23(32-33)18-5-2-1-3-6-18/h1-12,15H,13-14,16-17H2,(H,31,34). The molecule has 0 unspecified atom stereocenters. The number of nitrogens with one attached hydrogen (secondary N) is 1. The minimum atomic E-state index is -4.53. The SMILES string of the molecule is O=C(COc1ccc(C(=O)OCC(=O)N2CCC(c3ccccc3)=N2)cc1)Nc1cccc(C(F)(F)F)c1. The lowest BCUT2D eigenvalue weighted by atomic mass is 10.1. The molecule has 0 aliphatic carbocycles. The smallest absolute Gasteiger partial charge is 0.416 e. The number of nitrogens with zero attached hydrogens (tertiary/aromatic N) is 2. The summed E-state index contributed by atoms with van der Waals surface area (Å²) in [5.41, 5.74) is 0.968. The Balaban J connectivity index is 1.23. The molecule has 0 aromatic heterocycles. The topological polar surface area (TPSA) is 97.3 Å². The Morgan fingerprint density at radius 1 is 0.921 bits per heavy atom. The molecule has 196 valence electrons. The zero-order valence-electron chi connectivity index (χ0n) is 19.9. The minimum absolute atomic E-state index is 0.0167. The number of carbonyl (C=O) groups is 3. The number of hydrogen-bond acceptors (Lipinski definition) is 6. The molecule has 2 amide bonds. The molecule has 11 heteroatoms. The Kier molecular flexibility index (Phi) is 8.05. The molecular weight excluding hydrogens is 503 g/mol. The number of alkyl halides is 3. The van der Waals surface area contributed by atoms with Crippen molar-refractivity contribution in [2.45, 2.75) is 12.6 Å². The second-order valence-corrected chi connectivity index (χ2v) is 8.20. The Bertz CT molecular complexity index is 1340. The lowest BCUT2D eigenvalue weighted by Gasteiger charge is -2.12. The van der Waals surface area contributed by atoms with Crippen molar-refractivity contribution in [3.05, 3.63) is 95.6 Å². The number of ether oxygens (including phenoxy) is 2. The first-order chi connectivity index (χ1) is 18.2. The molecule has 1 N–H and O–H groups in total. The lowest BCUT2D eigenvalue weighted by Crippen LogP contribution is -2.28. The fourth-order valence-electron chi connectivity index (χ4n) is 3.56. The van der Waals surface area contributed by atoms with Crippen LogP contribution in [0.4, 0.5) is 18.9 Å². The Morgan fingerprint density at radius 2 is 1.66 bits per heavy atom. The molecule has 3 aromatic rings. The Labute approximate surface area is 215 Å². The fourth-order valence-corrected chi connectivity index (χ4v) is 3.56. The van der Waals surface area contributed by atoms with Crippen LogP contribution in [0.1, 0.15) is 27.9 Å². The lowest BCUT2D eigenvalue weighted by molar-refractivity contribution is -0.137. The van der Waals surface area contributed by atoms with E-state index in [2.05, 4.69) is 10.4 Å². The van der Waals surface area contributed by atoms with Crippen LogP contribution < -0.4 is 10.1 Å². The summed E-state index contributed by atoms with van der Waals surface area (Å²) in [6.45, 7) is -0.539. The molecule has 1 aliphatic rings. The maximum absolute atomic E-state index is 12.8. The highest BCUT2D eigenvalue weighted by Crippen LogP contribution is 2.30. The highest BCUT2D eigenvalue weighted by atomic mass is 19.4. The predicted molar refractivity (Wildman–Crippen MR) is 132 cm³/mol. The number of rotatable bonds is 8. The van der Waals surface area contributed by atoms with Gasteiger partial charge in [-0.15, -0.1) is 0 Å². The quantitative estimate of drug-likeness (QED) is 0.437. The zero-order valence-corrected chi connectivity index (χ0v) is 19.9. The van der Waals surface area contributed by atoms with Crippen LogP contribution >= 0.6 is 0 Å². The molecule has 8 nitrogen and oxygen atoms in total. The van der Waals surface area contributed by atoms with Gasteiger partial charge >= 0.3 is 12.1 Å². The van der Waals surface area contributed by atoms with Crippen molar-refractivity contribution in [1.82, 2.24) is 5.01 Å². The van der Waals surface area contributed by atoms with Crippen molar-refractivity contribution in [3.63, 3.8) is 0 Å². The third-order valence-corrected chi connectivity index (χ3v) is 5.46. The number of hydrazone groups is 1. The van der Waals surface area contributed by atoms with E-state index in [1.165, 1.54) is 41.4 Å². The summed E-state index contributed by atoms with van der Waals surface area (Å²) in [7, 11) is 0. The molecule has 4 rings (SSSR count). The largest absolute Gasteiger partial charge is 0.484 e. The van der Waals surface area contributed by atoms with Gasteiger partial charge in [0.1, 0.15) is 5.75 Å². The van der Waals surface area contributed by atoms with Crippen LogP contribution in [0.5, 0.6) is 5.75 Å². The van der Waals surface area contributed by atoms with Gasteiger partial charge in [-0.1, -0.05) is 36.4 Å². The van der Waals surface area contributed by atoms with Gasteiger partial charge in [0.25, 0.3) is 11.8 Å². The van der Waals surface area contributed by atoms with E-state index >= 15 is 0 Å². The summed E-state index contributed by atoms with van der Waals surface area (Å²) >= 11 is 0. The number of carbonyl (C=O) groups excluding carboxylic acids is 3. The van der Waals surface area contributed by atoms with E-state index in [1.54, 1.807) is 0 Å². The van der Waals surface area contributed by atoms with Crippen LogP contribution in [0.2, 0.25) is 0 Å². The summed E-state index contributed by atoms with van der Waals surface area (Å²) in [5.74, 6) is -1.59. The van der Waals surface area contributed by atoms with Crippen LogP contribution in [0.25, 0.3) is 0 Å². The summed E-state index contributed by atoms with van der Waals surface area (Å²) in [6, 6.07) is 19.3. The van der Waals surface area contributed by atoms with Gasteiger partial charge in [0, 0.05) is 12.1 Å².